The van der Waals surface area contributed by atoms with Crippen molar-refractivity contribution in [2.24, 2.45) is 0 Å². The third-order valence-electron chi connectivity index (χ3n) is 1.61. The summed E-state index contributed by atoms with van der Waals surface area (Å²) in [7, 11) is 0. The zero-order valence-electron chi connectivity index (χ0n) is 8.16. The molecule has 0 saturated heterocycles. The zero-order chi connectivity index (χ0) is 12.0. The molecule has 1 aromatic carbocycles. The van der Waals surface area contributed by atoms with E-state index in [0.29, 0.717) is 10.7 Å². The molecule has 0 radical (unpaired) electrons. The maximum absolute atomic E-state index is 11.2. The predicted octanol–water partition coefficient (Wildman–Crippen LogP) is 1.90. The molecule has 0 aliphatic rings. The zero-order valence-corrected chi connectivity index (χ0v) is 8.91. The lowest BCUT2D eigenvalue weighted by Gasteiger charge is -2.06. The molecule has 0 bridgehead atoms. The summed E-state index contributed by atoms with van der Waals surface area (Å²) in [5.41, 5.74) is 0.395. The Balaban J connectivity index is 2.56. The quantitative estimate of drug-likeness (QED) is 0.824. The van der Waals surface area contributed by atoms with Crippen LogP contribution in [0.1, 0.15) is 6.42 Å². The molecule has 1 aromatic rings. The van der Waals surface area contributed by atoms with E-state index in [0.717, 1.165) is 0 Å². The lowest BCUT2D eigenvalue weighted by molar-refractivity contribution is -0.118. The van der Waals surface area contributed by atoms with Crippen LogP contribution < -0.4 is 10.6 Å². The van der Waals surface area contributed by atoms with E-state index in [1.54, 1.807) is 30.3 Å². The van der Waals surface area contributed by atoms with Crippen LogP contribution in [0.2, 0.25) is 5.02 Å². The number of hydrogen-bond donors (Lipinski definition) is 2. The van der Waals surface area contributed by atoms with Crippen LogP contribution in [0.3, 0.4) is 0 Å². The van der Waals surface area contributed by atoms with Crippen molar-refractivity contribution >= 4 is 29.2 Å². The Kier molecular flexibility index (Phi) is 4.30. The first-order valence-corrected chi connectivity index (χ1v) is 4.73. The topological polar surface area (TPSA) is 82.0 Å². The molecule has 0 fully saturated rings. The molecule has 0 saturated carbocycles. The highest BCUT2D eigenvalue weighted by molar-refractivity contribution is 6.33. The van der Waals surface area contributed by atoms with Gasteiger partial charge in [0.15, 0.2) is 0 Å². The monoisotopic (exact) mass is 237 g/mol. The van der Waals surface area contributed by atoms with Crippen molar-refractivity contribution in [3.63, 3.8) is 0 Å². The van der Waals surface area contributed by atoms with Gasteiger partial charge in [-0.2, -0.15) is 5.26 Å². The normalized spacial score (nSPS) is 9.00. The van der Waals surface area contributed by atoms with E-state index < -0.39 is 11.9 Å². The second kappa shape index (κ2) is 5.73. The van der Waals surface area contributed by atoms with Gasteiger partial charge in [0.1, 0.15) is 6.42 Å². The first-order chi connectivity index (χ1) is 7.63. The fraction of sp³-hybridized carbons (Fsp3) is 0.100. The van der Waals surface area contributed by atoms with E-state index in [9.17, 15) is 9.59 Å². The van der Waals surface area contributed by atoms with Gasteiger partial charge < -0.3 is 5.32 Å². The SMILES string of the molecule is N#CCC(=O)NC(=O)Nc1ccccc1Cl. The maximum atomic E-state index is 11.2. The van der Waals surface area contributed by atoms with Crippen LogP contribution in [-0.2, 0) is 4.79 Å². The molecule has 16 heavy (non-hydrogen) atoms. The van der Waals surface area contributed by atoms with Crippen LogP contribution in [0.25, 0.3) is 0 Å². The van der Waals surface area contributed by atoms with E-state index in [1.807, 2.05) is 5.32 Å². The van der Waals surface area contributed by atoms with E-state index in [-0.39, 0.29) is 6.42 Å². The van der Waals surface area contributed by atoms with Crippen molar-refractivity contribution in [3.8, 4) is 6.07 Å². The number of halogens is 1. The van der Waals surface area contributed by atoms with E-state index in [4.69, 9.17) is 16.9 Å². The summed E-state index contributed by atoms with van der Waals surface area (Å²) in [6, 6.07) is 7.52. The molecule has 6 heteroatoms. The Hall–Kier alpha value is -2.06. The van der Waals surface area contributed by atoms with Crippen LogP contribution >= 0.6 is 11.6 Å². The second-order valence-electron chi connectivity index (χ2n) is 2.82. The van der Waals surface area contributed by atoms with Crippen LogP contribution in [0.5, 0.6) is 0 Å². The largest absolute Gasteiger partial charge is 0.325 e. The van der Waals surface area contributed by atoms with Crippen molar-refractivity contribution in [3.05, 3.63) is 29.3 Å². The number of rotatable bonds is 2. The Labute approximate surface area is 97.0 Å². The molecule has 1 rings (SSSR count). The van der Waals surface area contributed by atoms with Crippen molar-refractivity contribution in [1.29, 1.82) is 5.26 Å². The van der Waals surface area contributed by atoms with E-state index in [2.05, 4.69) is 5.32 Å². The first kappa shape index (κ1) is 12.0. The Morgan fingerprint density at radius 2 is 2.06 bits per heavy atom. The Morgan fingerprint density at radius 1 is 1.38 bits per heavy atom. The average molecular weight is 238 g/mol. The summed E-state index contributed by atoms with van der Waals surface area (Å²) >= 11 is 5.79. The Bertz CT molecular complexity index is 454. The summed E-state index contributed by atoms with van der Waals surface area (Å²) in [5, 5.41) is 13.0. The number of carbonyl (C=O) groups is 2. The molecule has 0 aliphatic heterocycles. The van der Waals surface area contributed by atoms with Crippen molar-refractivity contribution in [2.75, 3.05) is 5.32 Å². The minimum atomic E-state index is -0.714. The summed E-state index contributed by atoms with van der Waals surface area (Å²) in [6.45, 7) is 0. The van der Waals surface area contributed by atoms with Gasteiger partial charge in [0.25, 0.3) is 0 Å². The van der Waals surface area contributed by atoms with Gasteiger partial charge in [0, 0.05) is 0 Å². The summed E-state index contributed by atoms with van der Waals surface area (Å²) in [6.07, 6.45) is -0.365. The molecule has 0 aromatic heterocycles. The van der Waals surface area contributed by atoms with Gasteiger partial charge in [-0.3, -0.25) is 10.1 Å². The molecular formula is C10H8ClN3O2. The molecule has 82 valence electrons. The highest BCUT2D eigenvalue weighted by atomic mass is 35.5. The van der Waals surface area contributed by atoms with Gasteiger partial charge in [0.2, 0.25) is 5.91 Å². The Morgan fingerprint density at radius 3 is 2.69 bits per heavy atom. The number of nitrogens with one attached hydrogen (secondary N) is 2. The third kappa shape index (κ3) is 3.59. The molecule has 0 heterocycles. The molecule has 5 nitrogen and oxygen atoms in total. The number of benzene rings is 1. The lowest BCUT2D eigenvalue weighted by atomic mass is 10.3. The number of amides is 3. The van der Waals surface area contributed by atoms with Crippen LogP contribution in [0.4, 0.5) is 10.5 Å². The average Bonchev–Trinajstić information content (AvgIpc) is 2.21. The second-order valence-corrected chi connectivity index (χ2v) is 3.22. The van der Waals surface area contributed by atoms with Crippen molar-refractivity contribution in [2.45, 2.75) is 6.42 Å². The number of carbonyl (C=O) groups excluding carboxylic acids is 2. The van der Waals surface area contributed by atoms with E-state index >= 15 is 0 Å². The molecule has 0 spiro atoms. The molecule has 2 N–H and O–H groups in total. The highest BCUT2D eigenvalue weighted by Gasteiger charge is 2.08. The number of para-hydroxylation sites is 1. The number of urea groups is 1. The summed E-state index contributed by atoms with van der Waals surface area (Å²) in [4.78, 5) is 22.1. The lowest BCUT2D eigenvalue weighted by Crippen LogP contribution is -2.33. The number of imide groups is 1. The maximum Gasteiger partial charge on any atom is 0.325 e. The van der Waals surface area contributed by atoms with Crippen molar-refractivity contribution < 1.29 is 9.59 Å². The fourth-order valence-electron chi connectivity index (χ4n) is 0.959. The molecule has 0 aliphatic carbocycles. The summed E-state index contributed by atoms with van der Waals surface area (Å²) < 4.78 is 0. The van der Waals surface area contributed by atoms with Gasteiger partial charge in [-0.15, -0.1) is 0 Å². The van der Waals surface area contributed by atoms with Gasteiger partial charge in [-0.1, -0.05) is 23.7 Å². The van der Waals surface area contributed by atoms with Gasteiger partial charge in [0.05, 0.1) is 16.8 Å². The molecular weight excluding hydrogens is 230 g/mol. The smallest absolute Gasteiger partial charge is 0.306 e. The van der Waals surface area contributed by atoms with Gasteiger partial charge in [-0.05, 0) is 12.1 Å². The molecule has 0 unspecified atom stereocenters. The minimum absolute atomic E-state index is 0.365. The van der Waals surface area contributed by atoms with E-state index in [1.165, 1.54) is 0 Å². The minimum Gasteiger partial charge on any atom is -0.306 e. The third-order valence-corrected chi connectivity index (χ3v) is 1.94. The standard InChI is InChI=1S/C10H8ClN3O2/c11-7-3-1-2-4-8(7)13-10(16)14-9(15)5-6-12/h1-4H,5H2,(H2,13,14,15,16). The highest BCUT2D eigenvalue weighted by Crippen LogP contribution is 2.19. The van der Waals surface area contributed by atoms with Crippen LogP contribution in [-0.4, -0.2) is 11.9 Å². The van der Waals surface area contributed by atoms with Crippen LogP contribution in [0, 0.1) is 11.3 Å². The number of anilines is 1. The fourth-order valence-corrected chi connectivity index (χ4v) is 1.14. The van der Waals surface area contributed by atoms with Gasteiger partial charge in [-0.25, -0.2) is 4.79 Å². The van der Waals surface area contributed by atoms with Crippen molar-refractivity contribution in [1.82, 2.24) is 5.32 Å². The molecule has 0 atom stereocenters. The number of nitriles is 1. The first-order valence-electron chi connectivity index (χ1n) is 4.36. The predicted molar refractivity (Wildman–Crippen MR) is 58.8 cm³/mol. The van der Waals surface area contributed by atoms with Crippen LogP contribution in [0.15, 0.2) is 24.3 Å². The molecule has 3 amide bonds. The summed E-state index contributed by atoms with van der Waals surface area (Å²) in [5.74, 6) is -0.660. The number of hydrogen-bond acceptors (Lipinski definition) is 3. The number of nitrogens with zero attached hydrogens (tertiary/aromatic N) is 1. The van der Waals surface area contributed by atoms with Gasteiger partial charge >= 0.3 is 6.03 Å².